The first kappa shape index (κ1) is 19.8. The van der Waals surface area contributed by atoms with E-state index >= 15 is 0 Å². The molecule has 0 aliphatic carbocycles. The molecule has 0 unspecified atom stereocenters. The molecule has 0 spiro atoms. The molecule has 0 radical (unpaired) electrons. The van der Waals surface area contributed by atoms with Crippen LogP contribution < -0.4 is 15.6 Å². The van der Waals surface area contributed by atoms with Gasteiger partial charge in [0.25, 0.3) is 11.8 Å². The average molecular weight is 376 g/mol. The fourth-order valence-electron chi connectivity index (χ4n) is 2.27. The average Bonchev–Trinajstić information content (AvgIpc) is 2.61. The summed E-state index contributed by atoms with van der Waals surface area (Å²) in [5, 5.41) is 0.587. The highest BCUT2D eigenvalue weighted by Gasteiger charge is 2.10. The normalized spacial score (nSPS) is 10.5. The van der Waals surface area contributed by atoms with Gasteiger partial charge in [0, 0.05) is 11.6 Å². The zero-order chi connectivity index (χ0) is 18.9. The summed E-state index contributed by atoms with van der Waals surface area (Å²) in [6, 6.07) is 14.7. The molecule has 0 bridgehead atoms. The van der Waals surface area contributed by atoms with Gasteiger partial charge in [-0.2, -0.15) is 0 Å². The second-order valence-electron chi connectivity index (χ2n) is 5.94. The van der Waals surface area contributed by atoms with Gasteiger partial charge in [0.05, 0.1) is 6.54 Å². The Morgan fingerprint density at radius 2 is 1.69 bits per heavy atom. The molecule has 7 heteroatoms. The van der Waals surface area contributed by atoms with Gasteiger partial charge in [-0.15, -0.1) is 0 Å². The zero-order valence-electron chi connectivity index (χ0n) is 14.8. The van der Waals surface area contributed by atoms with Crippen molar-refractivity contribution in [1.29, 1.82) is 0 Å². The highest BCUT2D eigenvalue weighted by Crippen LogP contribution is 2.15. The van der Waals surface area contributed by atoms with Crippen LogP contribution in [0.5, 0.6) is 5.75 Å². The lowest BCUT2D eigenvalue weighted by atomic mass is 10.1. The molecule has 2 aromatic rings. The minimum atomic E-state index is -0.449. The topological polar surface area (TPSA) is 70.7 Å². The number of hydrogen-bond donors (Lipinski definition) is 2. The molecular formula is C19H22ClN3O3. The maximum absolute atomic E-state index is 11.9. The quantitative estimate of drug-likeness (QED) is 0.728. The van der Waals surface area contributed by atoms with Gasteiger partial charge in [0.1, 0.15) is 5.75 Å². The van der Waals surface area contributed by atoms with Gasteiger partial charge < -0.3 is 4.74 Å². The third-order valence-corrected chi connectivity index (χ3v) is 3.89. The van der Waals surface area contributed by atoms with Crippen LogP contribution in [0.2, 0.25) is 5.02 Å². The van der Waals surface area contributed by atoms with E-state index in [0.29, 0.717) is 17.3 Å². The van der Waals surface area contributed by atoms with Crippen LogP contribution in [0.15, 0.2) is 48.5 Å². The van der Waals surface area contributed by atoms with Crippen LogP contribution in [-0.4, -0.2) is 36.9 Å². The Kier molecular flexibility index (Phi) is 7.44. The number of ether oxygens (including phenoxy) is 1. The summed E-state index contributed by atoms with van der Waals surface area (Å²) in [7, 11) is 1.84. The molecule has 2 amide bonds. The van der Waals surface area contributed by atoms with Crippen LogP contribution in [0.4, 0.5) is 0 Å². The second-order valence-corrected chi connectivity index (χ2v) is 6.37. The fraction of sp³-hybridized carbons (Fsp3) is 0.263. The lowest BCUT2D eigenvalue weighted by Crippen LogP contribution is -2.47. The number of rotatable bonds is 7. The lowest BCUT2D eigenvalue weighted by molar-refractivity contribution is -0.130. The molecule has 2 aromatic carbocycles. The molecule has 0 fully saturated rings. The predicted molar refractivity (Wildman–Crippen MR) is 101 cm³/mol. The van der Waals surface area contributed by atoms with Crippen LogP contribution in [0.1, 0.15) is 11.1 Å². The highest BCUT2D eigenvalue weighted by molar-refractivity contribution is 6.30. The van der Waals surface area contributed by atoms with Crippen molar-refractivity contribution in [2.24, 2.45) is 0 Å². The Balaban J connectivity index is 1.68. The first-order valence-electron chi connectivity index (χ1n) is 8.13. The highest BCUT2D eigenvalue weighted by atomic mass is 35.5. The number of hydrogen-bond acceptors (Lipinski definition) is 4. The predicted octanol–water partition coefficient (Wildman–Crippen LogP) is 2.31. The van der Waals surface area contributed by atoms with E-state index in [0.717, 1.165) is 5.56 Å². The number of hydrazine groups is 1. The van der Waals surface area contributed by atoms with E-state index in [1.165, 1.54) is 5.56 Å². The molecule has 0 aliphatic heterocycles. The Bertz CT molecular complexity index is 750. The number of likely N-dealkylation sites (N-methyl/N-ethyl adjacent to an activating group) is 1. The molecule has 0 saturated heterocycles. The molecule has 138 valence electrons. The number of halogens is 1. The van der Waals surface area contributed by atoms with Gasteiger partial charge in [0.2, 0.25) is 0 Å². The molecule has 0 aliphatic rings. The number of nitrogens with zero attached hydrogens (tertiary/aromatic N) is 1. The molecule has 0 saturated carbocycles. The van der Waals surface area contributed by atoms with E-state index in [1.807, 2.05) is 43.1 Å². The third-order valence-electron chi connectivity index (χ3n) is 3.64. The van der Waals surface area contributed by atoms with Crippen molar-refractivity contribution in [2.45, 2.75) is 13.5 Å². The fourth-order valence-corrected chi connectivity index (χ4v) is 2.40. The van der Waals surface area contributed by atoms with Crippen molar-refractivity contribution in [1.82, 2.24) is 15.8 Å². The summed E-state index contributed by atoms with van der Waals surface area (Å²) in [6.07, 6.45) is 0. The first-order valence-corrected chi connectivity index (χ1v) is 8.51. The molecule has 2 rings (SSSR count). The summed E-state index contributed by atoms with van der Waals surface area (Å²) in [4.78, 5) is 25.5. The SMILES string of the molecule is Cc1ccccc1CN(C)CC(=O)NNC(=O)COc1ccc(Cl)cc1. The smallest absolute Gasteiger partial charge is 0.276 e. The Morgan fingerprint density at radius 3 is 2.38 bits per heavy atom. The second kappa shape index (κ2) is 9.79. The first-order chi connectivity index (χ1) is 12.4. The zero-order valence-corrected chi connectivity index (χ0v) is 15.5. The molecule has 26 heavy (non-hydrogen) atoms. The maximum atomic E-state index is 11.9. The standard InChI is InChI=1S/C19H22ClN3O3/c1-14-5-3-4-6-15(14)11-23(2)12-18(24)21-22-19(25)13-26-17-9-7-16(20)8-10-17/h3-10H,11-13H2,1-2H3,(H,21,24)(H,22,25). The molecule has 2 N–H and O–H groups in total. The largest absolute Gasteiger partial charge is 0.484 e. The van der Waals surface area contributed by atoms with Crippen molar-refractivity contribution in [3.05, 3.63) is 64.7 Å². The van der Waals surface area contributed by atoms with Crippen LogP contribution in [0.3, 0.4) is 0 Å². The molecule has 6 nitrogen and oxygen atoms in total. The number of carbonyl (C=O) groups is 2. The number of nitrogens with one attached hydrogen (secondary N) is 2. The van der Waals surface area contributed by atoms with Gasteiger partial charge in [-0.05, 0) is 49.4 Å². The van der Waals surface area contributed by atoms with Gasteiger partial charge >= 0.3 is 0 Å². The van der Waals surface area contributed by atoms with E-state index in [2.05, 4.69) is 10.9 Å². The molecule has 0 atom stereocenters. The number of amides is 2. The maximum Gasteiger partial charge on any atom is 0.276 e. The number of carbonyl (C=O) groups excluding carboxylic acids is 2. The van der Waals surface area contributed by atoms with Gasteiger partial charge in [-0.1, -0.05) is 35.9 Å². The van der Waals surface area contributed by atoms with Crippen LogP contribution in [0.25, 0.3) is 0 Å². The van der Waals surface area contributed by atoms with E-state index in [-0.39, 0.29) is 19.1 Å². The van der Waals surface area contributed by atoms with Crippen LogP contribution >= 0.6 is 11.6 Å². The Morgan fingerprint density at radius 1 is 1.04 bits per heavy atom. The number of aryl methyl sites for hydroxylation is 1. The van der Waals surface area contributed by atoms with Gasteiger partial charge in [0.15, 0.2) is 6.61 Å². The van der Waals surface area contributed by atoms with Gasteiger partial charge in [-0.3, -0.25) is 25.3 Å². The summed E-state index contributed by atoms with van der Waals surface area (Å²) in [5.74, 6) is -0.232. The summed E-state index contributed by atoms with van der Waals surface area (Å²) < 4.78 is 5.30. The summed E-state index contributed by atoms with van der Waals surface area (Å²) in [6.45, 7) is 2.63. The van der Waals surface area contributed by atoms with Crippen molar-refractivity contribution >= 4 is 23.4 Å². The molecule has 0 aromatic heterocycles. The van der Waals surface area contributed by atoms with Crippen molar-refractivity contribution in [3.8, 4) is 5.75 Å². The van der Waals surface area contributed by atoms with Crippen molar-refractivity contribution in [2.75, 3.05) is 20.2 Å². The Hall–Kier alpha value is -2.57. The van der Waals surface area contributed by atoms with Crippen LogP contribution in [-0.2, 0) is 16.1 Å². The minimum Gasteiger partial charge on any atom is -0.484 e. The monoisotopic (exact) mass is 375 g/mol. The Labute approximate surface area is 158 Å². The van der Waals surface area contributed by atoms with E-state index in [1.54, 1.807) is 24.3 Å². The molecule has 0 heterocycles. The van der Waals surface area contributed by atoms with Gasteiger partial charge in [-0.25, -0.2) is 0 Å². The third kappa shape index (κ3) is 6.74. The van der Waals surface area contributed by atoms with Crippen LogP contribution in [0, 0.1) is 6.92 Å². The van der Waals surface area contributed by atoms with E-state index < -0.39 is 5.91 Å². The summed E-state index contributed by atoms with van der Waals surface area (Å²) in [5.41, 5.74) is 7.04. The lowest BCUT2D eigenvalue weighted by Gasteiger charge is -2.17. The van der Waals surface area contributed by atoms with E-state index in [9.17, 15) is 9.59 Å². The minimum absolute atomic E-state index is 0.159. The number of benzene rings is 2. The van der Waals surface area contributed by atoms with Crippen molar-refractivity contribution < 1.29 is 14.3 Å². The molecular weight excluding hydrogens is 354 g/mol. The summed E-state index contributed by atoms with van der Waals surface area (Å²) >= 11 is 5.77. The van der Waals surface area contributed by atoms with E-state index in [4.69, 9.17) is 16.3 Å². The van der Waals surface area contributed by atoms with Crippen molar-refractivity contribution in [3.63, 3.8) is 0 Å².